The summed E-state index contributed by atoms with van der Waals surface area (Å²) in [4.78, 5) is 19.1. The van der Waals surface area contributed by atoms with Gasteiger partial charge in [0.2, 0.25) is 5.69 Å². The van der Waals surface area contributed by atoms with Crippen molar-refractivity contribution in [2.75, 3.05) is 5.73 Å². The summed E-state index contributed by atoms with van der Waals surface area (Å²) >= 11 is 0. The van der Waals surface area contributed by atoms with Gasteiger partial charge in [-0.2, -0.15) is 0 Å². The summed E-state index contributed by atoms with van der Waals surface area (Å²) < 4.78 is 6.35. The van der Waals surface area contributed by atoms with Gasteiger partial charge in [0.1, 0.15) is 17.7 Å². The average molecular weight is 435 g/mol. The summed E-state index contributed by atoms with van der Waals surface area (Å²) in [6.07, 6.45) is 2.90. The molecule has 6 nitrogen and oxygen atoms in total. The number of carboxylic acids is 1. The second kappa shape index (κ2) is 8.29. The molecule has 5 rings (SSSR count). The smallest absolute Gasteiger partial charge is 0.307 e. The largest absolute Gasteiger partial charge is 0.496 e. The minimum Gasteiger partial charge on any atom is -0.496 e. The Balaban J connectivity index is 1.55. The third-order valence-corrected chi connectivity index (χ3v) is 6.11. The van der Waals surface area contributed by atoms with Crippen LogP contribution in [0.25, 0.3) is 26.7 Å². The first kappa shape index (κ1) is 20.5. The summed E-state index contributed by atoms with van der Waals surface area (Å²) in [5.74, 6) is -0.0959. The molecule has 0 fully saturated rings. The first-order chi connectivity index (χ1) is 16.0. The zero-order valence-electron chi connectivity index (χ0n) is 17.8. The van der Waals surface area contributed by atoms with Gasteiger partial charge in [0.15, 0.2) is 0 Å². The van der Waals surface area contributed by atoms with Crippen molar-refractivity contribution >= 4 is 28.2 Å². The van der Waals surface area contributed by atoms with Gasteiger partial charge in [0.05, 0.1) is 13.0 Å². The second-order valence-corrected chi connectivity index (χ2v) is 8.10. The van der Waals surface area contributed by atoms with Crippen LogP contribution >= 0.6 is 0 Å². The normalized spacial score (nSPS) is 14.6. The third-order valence-electron chi connectivity index (χ3n) is 6.11. The Bertz CT molecular complexity index is 1440. The Morgan fingerprint density at radius 2 is 2.00 bits per heavy atom. The first-order valence-corrected chi connectivity index (χ1v) is 10.7. The van der Waals surface area contributed by atoms with Crippen molar-refractivity contribution in [1.29, 1.82) is 0 Å². The van der Waals surface area contributed by atoms with Gasteiger partial charge in [-0.25, -0.2) is 9.83 Å². The Labute approximate surface area is 191 Å². The van der Waals surface area contributed by atoms with Crippen LogP contribution in [0.5, 0.6) is 5.75 Å². The molecule has 0 saturated heterocycles. The number of rotatable bonds is 5. The molecule has 1 atom stereocenters. The maximum atomic E-state index is 11.3. The van der Waals surface area contributed by atoms with E-state index < -0.39 is 5.97 Å². The molecule has 33 heavy (non-hydrogen) atoms. The predicted molar refractivity (Wildman–Crippen MR) is 127 cm³/mol. The molecule has 162 valence electrons. The van der Waals surface area contributed by atoms with Gasteiger partial charge in [-0.15, -0.1) is 0 Å². The van der Waals surface area contributed by atoms with Crippen molar-refractivity contribution < 1.29 is 14.6 Å². The first-order valence-electron chi connectivity index (χ1n) is 10.7. The molecule has 3 N–H and O–H groups in total. The van der Waals surface area contributed by atoms with Gasteiger partial charge in [-0.05, 0) is 58.2 Å². The number of benzene rings is 3. The molecule has 0 saturated carbocycles. The lowest BCUT2D eigenvalue weighted by Gasteiger charge is -2.19. The molecule has 1 aromatic heterocycles. The van der Waals surface area contributed by atoms with Crippen LogP contribution in [-0.2, 0) is 17.6 Å². The van der Waals surface area contributed by atoms with Crippen molar-refractivity contribution in [3.05, 3.63) is 95.0 Å². The number of ether oxygens (including phenoxy) is 1. The lowest BCUT2D eigenvalue weighted by atomic mass is 9.96. The number of para-hydroxylation sites is 1. The van der Waals surface area contributed by atoms with Gasteiger partial charge in [-0.1, -0.05) is 48.5 Å². The summed E-state index contributed by atoms with van der Waals surface area (Å²) in [5.41, 5.74) is 11.3. The Morgan fingerprint density at radius 3 is 2.82 bits per heavy atom. The van der Waals surface area contributed by atoms with Crippen molar-refractivity contribution in [1.82, 2.24) is 4.98 Å². The zero-order valence-corrected chi connectivity index (χ0v) is 17.8. The number of hydrogen-bond acceptors (Lipinski definition) is 4. The van der Waals surface area contributed by atoms with Gasteiger partial charge < -0.3 is 15.6 Å². The molecule has 0 unspecified atom stereocenters. The summed E-state index contributed by atoms with van der Waals surface area (Å²) in [6, 6.07) is 19.4. The maximum Gasteiger partial charge on any atom is 0.307 e. The van der Waals surface area contributed by atoms with Gasteiger partial charge in [0.25, 0.3) is 0 Å². The van der Waals surface area contributed by atoms with E-state index in [4.69, 9.17) is 17.0 Å². The monoisotopic (exact) mass is 435 g/mol. The van der Waals surface area contributed by atoms with Crippen LogP contribution in [0.3, 0.4) is 0 Å². The van der Waals surface area contributed by atoms with Crippen LogP contribution in [0.15, 0.2) is 66.9 Å². The Hall–Kier alpha value is -4.37. The number of aryl methyl sites for hydroxylation is 1. The van der Waals surface area contributed by atoms with Crippen molar-refractivity contribution in [2.45, 2.75) is 25.4 Å². The van der Waals surface area contributed by atoms with Crippen molar-refractivity contribution in [3.8, 4) is 16.9 Å². The van der Waals surface area contributed by atoms with E-state index in [1.807, 2.05) is 18.2 Å². The molecule has 0 bridgehead atoms. The van der Waals surface area contributed by atoms with E-state index in [-0.39, 0.29) is 12.5 Å². The molecule has 1 aliphatic rings. The fourth-order valence-electron chi connectivity index (χ4n) is 4.58. The number of nitrogen functional groups attached to an aromatic ring is 1. The lowest BCUT2D eigenvalue weighted by molar-refractivity contribution is -0.136. The number of nitrogens with zero attached hydrogens (tertiary/aromatic N) is 2. The summed E-state index contributed by atoms with van der Waals surface area (Å²) in [5, 5.41) is 11.2. The number of aliphatic carboxylic acids is 1. The van der Waals surface area contributed by atoms with Crippen molar-refractivity contribution in [2.24, 2.45) is 0 Å². The minimum absolute atomic E-state index is 0.191. The SMILES string of the molecule is [C-]#[N+]c1cccc(CC(=O)O)c1O[C@@H]1CCc2ccc(-c3cccc4c(N)nccc34)cc21. The summed E-state index contributed by atoms with van der Waals surface area (Å²) in [6.45, 7) is 7.51. The van der Waals surface area contributed by atoms with E-state index in [0.717, 1.165) is 40.3 Å². The van der Waals surface area contributed by atoms with Crippen LogP contribution in [0.4, 0.5) is 11.5 Å². The van der Waals surface area contributed by atoms with E-state index in [9.17, 15) is 9.90 Å². The van der Waals surface area contributed by atoms with Crippen LogP contribution in [-0.4, -0.2) is 16.1 Å². The van der Waals surface area contributed by atoms with Crippen LogP contribution in [0.1, 0.15) is 29.2 Å². The van der Waals surface area contributed by atoms with E-state index in [1.54, 1.807) is 24.4 Å². The number of hydrogen-bond donors (Lipinski definition) is 2. The highest BCUT2D eigenvalue weighted by Crippen LogP contribution is 2.42. The number of carbonyl (C=O) groups is 1. The standard InChI is InChI=1S/C27H21N3O3/c1-29-23-7-2-4-18(15-25(31)32)26(23)33-24-11-10-16-8-9-17(14-22(16)24)19-5-3-6-21-20(19)12-13-30-27(21)28/h2-9,12-14,24H,10-11,15H2,(H2,28,30)(H,31,32)/t24-/m1/s1. The Kier molecular flexibility index (Phi) is 5.15. The molecule has 0 spiro atoms. The lowest BCUT2D eigenvalue weighted by Crippen LogP contribution is -2.08. The van der Waals surface area contributed by atoms with Gasteiger partial charge >= 0.3 is 5.97 Å². The van der Waals surface area contributed by atoms with Crippen LogP contribution in [0.2, 0.25) is 0 Å². The molecule has 1 aliphatic carbocycles. The quantitative estimate of drug-likeness (QED) is 0.391. The number of aromatic nitrogens is 1. The fraction of sp³-hybridized carbons (Fsp3) is 0.148. The molecule has 0 radical (unpaired) electrons. The highest BCUT2D eigenvalue weighted by Gasteiger charge is 2.27. The van der Waals surface area contributed by atoms with E-state index >= 15 is 0 Å². The average Bonchev–Trinajstić information content (AvgIpc) is 3.22. The molecule has 0 amide bonds. The maximum absolute atomic E-state index is 11.3. The second-order valence-electron chi connectivity index (χ2n) is 8.10. The molecule has 1 heterocycles. The number of fused-ring (bicyclic) bond motifs is 2. The van der Waals surface area contributed by atoms with Crippen LogP contribution in [0, 0.1) is 6.57 Å². The zero-order chi connectivity index (χ0) is 22.9. The summed E-state index contributed by atoms with van der Waals surface area (Å²) in [7, 11) is 0. The predicted octanol–water partition coefficient (Wildman–Crippen LogP) is 5.73. The molecule has 6 heteroatoms. The van der Waals surface area contributed by atoms with E-state index in [2.05, 4.69) is 34.1 Å². The van der Waals surface area contributed by atoms with Gasteiger partial charge in [0, 0.05) is 11.6 Å². The molecule has 3 aromatic carbocycles. The van der Waals surface area contributed by atoms with E-state index in [1.165, 1.54) is 5.56 Å². The minimum atomic E-state index is -0.958. The Morgan fingerprint density at radius 1 is 1.15 bits per heavy atom. The highest BCUT2D eigenvalue weighted by atomic mass is 16.5. The number of pyridine rings is 1. The number of carboxylic acid groups (broad SMARTS) is 1. The molecule has 4 aromatic rings. The fourth-order valence-corrected chi connectivity index (χ4v) is 4.58. The number of anilines is 1. The van der Waals surface area contributed by atoms with Crippen LogP contribution < -0.4 is 10.5 Å². The third kappa shape index (κ3) is 3.74. The molecular weight excluding hydrogens is 414 g/mol. The van der Waals surface area contributed by atoms with Gasteiger partial charge in [-0.3, -0.25) is 4.79 Å². The highest BCUT2D eigenvalue weighted by molar-refractivity contribution is 6.01. The number of nitrogens with two attached hydrogens (primary N) is 1. The van der Waals surface area contributed by atoms with Crippen molar-refractivity contribution in [3.63, 3.8) is 0 Å². The molecular formula is C27H21N3O3. The molecule has 0 aliphatic heterocycles. The topological polar surface area (TPSA) is 89.8 Å². The van der Waals surface area contributed by atoms with E-state index in [0.29, 0.717) is 22.8 Å².